The van der Waals surface area contributed by atoms with Crippen LogP contribution < -0.4 is 11.1 Å². The van der Waals surface area contributed by atoms with Crippen molar-refractivity contribution in [3.63, 3.8) is 0 Å². The molecule has 1 aliphatic heterocycles. The molecule has 1 saturated heterocycles. The average molecular weight is 308 g/mol. The van der Waals surface area contributed by atoms with Gasteiger partial charge in [0.2, 0.25) is 11.8 Å². The van der Waals surface area contributed by atoms with E-state index in [9.17, 15) is 14.4 Å². The molecule has 1 aliphatic carbocycles. The zero-order valence-electron chi connectivity index (χ0n) is 13.0. The summed E-state index contributed by atoms with van der Waals surface area (Å²) in [6, 6.07) is -0.705. The number of barbiturate groups is 1. The minimum absolute atomic E-state index is 0.0235. The van der Waals surface area contributed by atoms with Crippen LogP contribution in [0.25, 0.3) is 0 Å². The third-order valence-electron chi connectivity index (χ3n) is 4.23. The van der Waals surface area contributed by atoms with Gasteiger partial charge in [-0.2, -0.15) is 0 Å². The van der Waals surface area contributed by atoms with Gasteiger partial charge in [-0.05, 0) is 19.3 Å². The number of carbonyl (C=O) groups is 3. The maximum absolute atomic E-state index is 12.3. The number of nitrogens with one attached hydrogen (secondary N) is 1. The summed E-state index contributed by atoms with van der Waals surface area (Å²) in [5.41, 5.74) is 6.02. The standard InChI is InChI=1S/C15H24N4O3/c1-2-3-8-19-14(21)10(13(20)18-15(19)22)9-17-12-7-5-4-6-11(12)16/h9-12H,2-8,16H2,1H3,(H,18,20,22)/t10-,11+,12-/m0/s1. The van der Waals surface area contributed by atoms with Crippen LogP contribution in [0.1, 0.15) is 45.4 Å². The molecule has 4 amide bonds. The van der Waals surface area contributed by atoms with Crippen LogP contribution in [-0.2, 0) is 9.59 Å². The van der Waals surface area contributed by atoms with Crippen molar-refractivity contribution in [3.05, 3.63) is 0 Å². The lowest BCUT2D eigenvalue weighted by Gasteiger charge is -2.29. The number of unbranched alkanes of at least 4 members (excludes halogenated alkanes) is 1. The Hall–Kier alpha value is -1.76. The maximum Gasteiger partial charge on any atom is 0.330 e. The molecule has 2 rings (SSSR count). The molecule has 2 fully saturated rings. The van der Waals surface area contributed by atoms with Gasteiger partial charge in [0.25, 0.3) is 0 Å². The van der Waals surface area contributed by atoms with Gasteiger partial charge in [-0.15, -0.1) is 0 Å². The fourth-order valence-electron chi connectivity index (χ4n) is 2.81. The van der Waals surface area contributed by atoms with Crippen LogP contribution in [0.3, 0.4) is 0 Å². The van der Waals surface area contributed by atoms with Crippen molar-refractivity contribution in [1.82, 2.24) is 10.2 Å². The monoisotopic (exact) mass is 308 g/mol. The van der Waals surface area contributed by atoms with Crippen LogP contribution in [0.15, 0.2) is 4.99 Å². The predicted octanol–water partition coefficient (Wildman–Crippen LogP) is 0.822. The highest BCUT2D eigenvalue weighted by atomic mass is 16.2. The Morgan fingerprint density at radius 3 is 2.73 bits per heavy atom. The molecular formula is C15H24N4O3. The van der Waals surface area contributed by atoms with Gasteiger partial charge in [0.05, 0.1) is 6.04 Å². The summed E-state index contributed by atoms with van der Waals surface area (Å²) in [6.45, 7) is 2.29. The molecule has 0 radical (unpaired) electrons. The number of aliphatic imine (C=N–C) groups is 1. The summed E-state index contributed by atoms with van der Waals surface area (Å²) in [5, 5.41) is 2.22. The Labute approximate surface area is 130 Å². The molecule has 0 unspecified atom stereocenters. The number of carbonyl (C=O) groups excluding carboxylic acids is 3. The Kier molecular flexibility index (Phi) is 5.65. The van der Waals surface area contributed by atoms with Gasteiger partial charge in [0, 0.05) is 18.8 Å². The lowest BCUT2D eigenvalue weighted by atomic mass is 9.91. The van der Waals surface area contributed by atoms with Gasteiger partial charge < -0.3 is 5.73 Å². The van der Waals surface area contributed by atoms with Crippen molar-refractivity contribution in [3.8, 4) is 0 Å². The zero-order chi connectivity index (χ0) is 16.1. The Morgan fingerprint density at radius 1 is 1.32 bits per heavy atom. The van der Waals surface area contributed by atoms with Crippen molar-refractivity contribution in [2.75, 3.05) is 6.54 Å². The summed E-state index contributed by atoms with van der Waals surface area (Å²) in [6.07, 6.45) is 6.88. The van der Waals surface area contributed by atoms with Gasteiger partial charge in [0.1, 0.15) is 0 Å². The summed E-state index contributed by atoms with van der Waals surface area (Å²) in [5.74, 6) is -2.12. The molecule has 0 aromatic rings. The molecule has 2 aliphatic rings. The lowest BCUT2D eigenvalue weighted by Crippen LogP contribution is -2.58. The minimum atomic E-state index is -1.02. The van der Waals surface area contributed by atoms with Gasteiger partial charge >= 0.3 is 6.03 Å². The number of hydrogen-bond acceptors (Lipinski definition) is 5. The second-order valence-corrected chi connectivity index (χ2v) is 5.93. The Balaban J connectivity index is 2.06. The smallest absolute Gasteiger partial charge is 0.326 e. The Bertz CT molecular complexity index is 477. The quantitative estimate of drug-likeness (QED) is 0.579. The summed E-state index contributed by atoms with van der Waals surface area (Å²) in [4.78, 5) is 41.4. The van der Waals surface area contributed by atoms with Gasteiger partial charge in [-0.1, -0.05) is 26.2 Å². The molecule has 1 saturated carbocycles. The van der Waals surface area contributed by atoms with E-state index in [1.807, 2.05) is 6.92 Å². The summed E-state index contributed by atoms with van der Waals surface area (Å²) >= 11 is 0. The molecule has 0 spiro atoms. The number of nitrogens with two attached hydrogens (primary N) is 1. The topological polar surface area (TPSA) is 105 Å². The molecule has 7 nitrogen and oxygen atoms in total. The van der Waals surface area contributed by atoms with E-state index in [-0.39, 0.29) is 12.1 Å². The van der Waals surface area contributed by atoms with Gasteiger partial charge in [0.15, 0.2) is 5.92 Å². The van der Waals surface area contributed by atoms with Crippen LogP contribution in [0.5, 0.6) is 0 Å². The second-order valence-electron chi connectivity index (χ2n) is 5.93. The molecule has 0 aromatic heterocycles. The number of urea groups is 1. The fourth-order valence-corrected chi connectivity index (χ4v) is 2.81. The number of rotatable bonds is 5. The normalized spacial score (nSPS) is 30.0. The molecule has 7 heteroatoms. The number of imide groups is 2. The molecule has 22 heavy (non-hydrogen) atoms. The SMILES string of the molecule is CCCCN1C(=O)NC(=O)[C@H](C=N[C@H]2CCCC[C@H]2N)C1=O. The van der Waals surface area contributed by atoms with Gasteiger partial charge in [-0.25, -0.2) is 4.79 Å². The van der Waals surface area contributed by atoms with E-state index >= 15 is 0 Å². The average Bonchev–Trinajstić information content (AvgIpc) is 2.48. The van der Waals surface area contributed by atoms with E-state index in [4.69, 9.17) is 5.73 Å². The van der Waals surface area contributed by atoms with Crippen LogP contribution in [-0.4, -0.2) is 47.6 Å². The first-order valence-corrected chi connectivity index (χ1v) is 7.99. The molecule has 122 valence electrons. The van der Waals surface area contributed by atoms with E-state index in [1.54, 1.807) is 0 Å². The van der Waals surface area contributed by atoms with Crippen molar-refractivity contribution in [2.24, 2.45) is 16.6 Å². The highest BCUT2D eigenvalue weighted by molar-refractivity contribution is 6.23. The van der Waals surface area contributed by atoms with Gasteiger partial charge in [-0.3, -0.25) is 24.8 Å². The van der Waals surface area contributed by atoms with E-state index < -0.39 is 23.8 Å². The van der Waals surface area contributed by atoms with E-state index in [0.29, 0.717) is 13.0 Å². The molecule has 3 N–H and O–H groups in total. The third kappa shape index (κ3) is 3.71. The summed E-state index contributed by atoms with van der Waals surface area (Å²) in [7, 11) is 0. The highest BCUT2D eigenvalue weighted by Gasteiger charge is 2.39. The molecule has 0 bridgehead atoms. The number of amides is 4. The van der Waals surface area contributed by atoms with Crippen LogP contribution in [0, 0.1) is 5.92 Å². The molecule has 3 atom stereocenters. The largest absolute Gasteiger partial charge is 0.330 e. The molecule has 1 heterocycles. The van der Waals surface area contributed by atoms with E-state index in [1.165, 1.54) is 6.21 Å². The fraction of sp³-hybridized carbons (Fsp3) is 0.733. The van der Waals surface area contributed by atoms with E-state index in [0.717, 1.165) is 37.0 Å². The van der Waals surface area contributed by atoms with Crippen molar-refractivity contribution >= 4 is 24.1 Å². The van der Waals surface area contributed by atoms with Crippen LogP contribution in [0.4, 0.5) is 4.79 Å². The first-order chi connectivity index (χ1) is 10.5. The first-order valence-electron chi connectivity index (χ1n) is 7.99. The van der Waals surface area contributed by atoms with Crippen molar-refractivity contribution in [1.29, 1.82) is 0 Å². The van der Waals surface area contributed by atoms with Crippen molar-refractivity contribution in [2.45, 2.75) is 57.5 Å². The maximum atomic E-state index is 12.3. The first kappa shape index (κ1) is 16.6. The van der Waals surface area contributed by atoms with Crippen LogP contribution in [0.2, 0.25) is 0 Å². The number of nitrogens with zero attached hydrogens (tertiary/aromatic N) is 2. The molecular weight excluding hydrogens is 284 g/mol. The predicted molar refractivity (Wildman–Crippen MR) is 82.4 cm³/mol. The zero-order valence-corrected chi connectivity index (χ0v) is 13.0. The third-order valence-corrected chi connectivity index (χ3v) is 4.23. The van der Waals surface area contributed by atoms with Crippen LogP contribution >= 0.6 is 0 Å². The second kappa shape index (κ2) is 7.49. The molecule has 0 aromatic carbocycles. The lowest BCUT2D eigenvalue weighted by molar-refractivity contribution is -0.139. The van der Waals surface area contributed by atoms with E-state index in [2.05, 4.69) is 10.3 Å². The Morgan fingerprint density at radius 2 is 2.05 bits per heavy atom. The summed E-state index contributed by atoms with van der Waals surface area (Å²) < 4.78 is 0. The van der Waals surface area contributed by atoms with Crippen molar-refractivity contribution < 1.29 is 14.4 Å². The minimum Gasteiger partial charge on any atom is -0.326 e. The highest BCUT2D eigenvalue weighted by Crippen LogP contribution is 2.20. The number of hydrogen-bond donors (Lipinski definition) is 2.